The third-order valence-electron chi connectivity index (χ3n) is 11.9. The molecule has 276 valence electrons. The number of para-hydroxylation sites is 2. The Hall–Kier alpha value is -7.88. The average Bonchev–Trinajstić information content (AvgIpc) is 3.90. The zero-order valence-electron chi connectivity index (χ0n) is 32.0. The van der Waals surface area contributed by atoms with Crippen LogP contribution >= 0.6 is 0 Å². The molecule has 2 heterocycles. The summed E-state index contributed by atoms with van der Waals surface area (Å²) >= 11 is 0. The molecule has 0 aliphatic carbocycles. The summed E-state index contributed by atoms with van der Waals surface area (Å²) in [6.45, 7) is 0. The Bertz CT molecular complexity index is 3540. The van der Waals surface area contributed by atoms with E-state index in [1.54, 1.807) is 0 Å². The summed E-state index contributed by atoms with van der Waals surface area (Å²) in [4.78, 5) is 2.41. The Morgan fingerprint density at radius 3 is 1.73 bits per heavy atom. The van der Waals surface area contributed by atoms with Crippen LogP contribution in [0.2, 0.25) is 0 Å². The molecule has 0 bridgehead atoms. The highest BCUT2D eigenvalue weighted by Crippen LogP contribution is 2.50. The van der Waals surface area contributed by atoms with Gasteiger partial charge in [-0.25, -0.2) is 0 Å². The number of anilines is 3. The second-order valence-electron chi connectivity index (χ2n) is 15.2. The lowest BCUT2D eigenvalue weighted by Gasteiger charge is -2.28. The fraction of sp³-hybridized carbons (Fsp3) is 0. The molecule has 12 aromatic rings. The standard InChI is InChI=1S/C56H35NO2/c1-3-13-36(14-4-1)37-25-27-40(28-26-37)46-33-34-50(54-47-19-9-10-23-51(47)58-56(46)54)57(42-31-32-44-41(35-42)30-29-39-17-7-8-18-43(39)44)49-22-12-24-52-53(49)48-21-11-20-45(55(48)59-52)38-15-5-2-6-16-38/h1-35H. The molecule has 0 saturated carbocycles. The SMILES string of the molecule is c1ccc(-c2ccc(-c3ccc(N(c4ccc5c(ccc6ccccc65)c4)c4cccc5oc6c(-c7ccccc7)cccc6c45)c4c3oc3ccccc34)cc2)cc1. The van der Waals surface area contributed by atoms with E-state index < -0.39 is 0 Å². The summed E-state index contributed by atoms with van der Waals surface area (Å²) in [5, 5.41) is 9.10. The lowest BCUT2D eigenvalue weighted by Crippen LogP contribution is -2.11. The summed E-state index contributed by atoms with van der Waals surface area (Å²) in [6, 6.07) is 75.5. The molecule has 2 aromatic heterocycles. The van der Waals surface area contributed by atoms with Gasteiger partial charge in [-0.3, -0.25) is 0 Å². The van der Waals surface area contributed by atoms with E-state index in [4.69, 9.17) is 8.83 Å². The summed E-state index contributed by atoms with van der Waals surface area (Å²) in [7, 11) is 0. The van der Waals surface area contributed by atoms with Crippen molar-refractivity contribution in [1.82, 2.24) is 0 Å². The van der Waals surface area contributed by atoms with Crippen molar-refractivity contribution in [1.29, 1.82) is 0 Å². The van der Waals surface area contributed by atoms with Crippen LogP contribution in [-0.4, -0.2) is 0 Å². The number of fused-ring (bicyclic) bond motifs is 9. The first-order chi connectivity index (χ1) is 29.3. The van der Waals surface area contributed by atoms with Crippen LogP contribution in [0.5, 0.6) is 0 Å². The fourth-order valence-electron chi connectivity index (χ4n) is 9.11. The molecule has 12 rings (SSSR count). The van der Waals surface area contributed by atoms with Crippen molar-refractivity contribution >= 4 is 82.5 Å². The van der Waals surface area contributed by atoms with Gasteiger partial charge in [0.05, 0.1) is 22.1 Å². The van der Waals surface area contributed by atoms with Crippen LogP contribution in [0.3, 0.4) is 0 Å². The maximum absolute atomic E-state index is 6.90. The zero-order chi connectivity index (χ0) is 38.9. The van der Waals surface area contributed by atoms with Crippen LogP contribution < -0.4 is 4.90 Å². The number of furan rings is 2. The Balaban J connectivity index is 1.14. The maximum atomic E-state index is 6.90. The van der Waals surface area contributed by atoms with E-state index in [0.717, 1.165) is 83.2 Å². The van der Waals surface area contributed by atoms with Crippen molar-refractivity contribution in [2.75, 3.05) is 4.90 Å². The van der Waals surface area contributed by atoms with Gasteiger partial charge in [-0.1, -0.05) is 170 Å². The van der Waals surface area contributed by atoms with Crippen LogP contribution in [0, 0.1) is 0 Å². The van der Waals surface area contributed by atoms with Gasteiger partial charge in [-0.2, -0.15) is 0 Å². The average molecular weight is 754 g/mol. The highest BCUT2D eigenvalue weighted by molar-refractivity contribution is 6.21. The molecular formula is C56H35NO2. The predicted octanol–water partition coefficient (Wildman–Crippen LogP) is 16.3. The fourth-order valence-corrected chi connectivity index (χ4v) is 9.11. The second kappa shape index (κ2) is 13.4. The van der Waals surface area contributed by atoms with E-state index in [1.165, 1.54) is 32.7 Å². The molecule has 10 aromatic carbocycles. The predicted molar refractivity (Wildman–Crippen MR) is 247 cm³/mol. The number of nitrogens with zero attached hydrogens (tertiary/aromatic N) is 1. The highest BCUT2D eigenvalue weighted by atomic mass is 16.3. The van der Waals surface area contributed by atoms with E-state index in [1.807, 2.05) is 6.07 Å². The molecule has 0 N–H and O–H groups in total. The molecule has 0 radical (unpaired) electrons. The smallest absolute Gasteiger partial charge is 0.145 e. The van der Waals surface area contributed by atoms with Crippen LogP contribution in [-0.2, 0) is 0 Å². The lowest BCUT2D eigenvalue weighted by molar-refractivity contribution is 0.670. The maximum Gasteiger partial charge on any atom is 0.145 e. The molecule has 0 aliphatic rings. The Kier molecular flexibility index (Phi) is 7.54. The van der Waals surface area contributed by atoms with Crippen molar-refractivity contribution in [2.24, 2.45) is 0 Å². The molecule has 0 fully saturated rings. The highest BCUT2D eigenvalue weighted by Gasteiger charge is 2.26. The van der Waals surface area contributed by atoms with Gasteiger partial charge in [0.1, 0.15) is 22.3 Å². The van der Waals surface area contributed by atoms with Gasteiger partial charge in [0, 0.05) is 27.6 Å². The normalized spacial score (nSPS) is 11.7. The van der Waals surface area contributed by atoms with E-state index in [2.05, 4.69) is 211 Å². The Morgan fingerprint density at radius 1 is 0.305 bits per heavy atom. The quantitative estimate of drug-likeness (QED) is 0.158. The number of rotatable bonds is 6. The minimum Gasteiger partial charge on any atom is -0.455 e. The summed E-state index contributed by atoms with van der Waals surface area (Å²) in [6.07, 6.45) is 0. The van der Waals surface area contributed by atoms with Crippen molar-refractivity contribution in [3.63, 3.8) is 0 Å². The molecule has 0 saturated heterocycles. The van der Waals surface area contributed by atoms with Gasteiger partial charge in [-0.05, 0) is 86.3 Å². The molecule has 0 amide bonds. The zero-order valence-corrected chi connectivity index (χ0v) is 32.0. The third-order valence-corrected chi connectivity index (χ3v) is 11.9. The number of hydrogen-bond donors (Lipinski definition) is 0. The topological polar surface area (TPSA) is 29.5 Å². The largest absolute Gasteiger partial charge is 0.455 e. The minimum atomic E-state index is 0.834. The van der Waals surface area contributed by atoms with E-state index in [-0.39, 0.29) is 0 Å². The van der Waals surface area contributed by atoms with Crippen LogP contribution in [0.15, 0.2) is 221 Å². The number of hydrogen-bond acceptors (Lipinski definition) is 3. The summed E-state index contributed by atoms with van der Waals surface area (Å²) in [5.41, 5.74) is 13.2. The minimum absolute atomic E-state index is 0.834. The molecule has 3 nitrogen and oxygen atoms in total. The van der Waals surface area contributed by atoms with Gasteiger partial charge in [0.15, 0.2) is 0 Å². The van der Waals surface area contributed by atoms with Gasteiger partial charge < -0.3 is 13.7 Å². The lowest BCUT2D eigenvalue weighted by atomic mass is 9.97. The van der Waals surface area contributed by atoms with Crippen LogP contribution in [0.25, 0.3) is 98.8 Å². The van der Waals surface area contributed by atoms with Crippen molar-refractivity contribution in [3.8, 4) is 33.4 Å². The third kappa shape index (κ3) is 5.36. The Labute approximate surface area is 340 Å². The van der Waals surface area contributed by atoms with E-state index in [9.17, 15) is 0 Å². The van der Waals surface area contributed by atoms with Crippen molar-refractivity contribution < 1.29 is 8.83 Å². The monoisotopic (exact) mass is 753 g/mol. The van der Waals surface area contributed by atoms with E-state index >= 15 is 0 Å². The summed E-state index contributed by atoms with van der Waals surface area (Å²) in [5.74, 6) is 0. The van der Waals surface area contributed by atoms with Crippen molar-refractivity contribution in [2.45, 2.75) is 0 Å². The van der Waals surface area contributed by atoms with Crippen LogP contribution in [0.1, 0.15) is 0 Å². The van der Waals surface area contributed by atoms with E-state index in [0.29, 0.717) is 0 Å². The molecule has 3 heteroatoms. The number of benzene rings is 10. The molecule has 0 aliphatic heterocycles. The first-order valence-corrected chi connectivity index (χ1v) is 20.1. The molecule has 0 unspecified atom stereocenters. The van der Waals surface area contributed by atoms with Gasteiger partial charge in [0.25, 0.3) is 0 Å². The van der Waals surface area contributed by atoms with Crippen molar-refractivity contribution in [3.05, 3.63) is 212 Å². The molecule has 59 heavy (non-hydrogen) atoms. The van der Waals surface area contributed by atoms with Gasteiger partial charge in [0.2, 0.25) is 0 Å². The Morgan fingerprint density at radius 2 is 0.881 bits per heavy atom. The second-order valence-corrected chi connectivity index (χ2v) is 15.2. The summed E-state index contributed by atoms with van der Waals surface area (Å²) < 4.78 is 13.7. The molecule has 0 spiro atoms. The molecular weight excluding hydrogens is 719 g/mol. The first-order valence-electron chi connectivity index (χ1n) is 20.1. The van der Waals surface area contributed by atoms with Gasteiger partial charge >= 0.3 is 0 Å². The van der Waals surface area contributed by atoms with Crippen LogP contribution in [0.4, 0.5) is 17.1 Å². The van der Waals surface area contributed by atoms with Gasteiger partial charge in [-0.15, -0.1) is 0 Å². The first kappa shape index (κ1) is 33.3. The molecule has 0 atom stereocenters.